The monoisotopic (exact) mass is 317 g/mol. The quantitative estimate of drug-likeness (QED) is 0.800. The Balaban J connectivity index is 1.71. The van der Waals surface area contributed by atoms with Crippen molar-refractivity contribution in [3.8, 4) is 11.1 Å². The lowest BCUT2D eigenvalue weighted by Gasteiger charge is -2.17. The van der Waals surface area contributed by atoms with Crippen LogP contribution in [0.1, 0.15) is 23.3 Å². The standard InChI is InChI=1S/C19H15N3O2/c23-19-22-17(18(24-19)14-7-4-8-20-10-14)16-9-15(11-21-12-16)13-5-2-1-3-6-13/h1-12,17-18H,(H,22,23)/t17-,18-/m1/s1. The molecular weight excluding hydrogens is 302 g/mol. The highest BCUT2D eigenvalue weighted by Gasteiger charge is 2.36. The number of benzene rings is 1. The lowest BCUT2D eigenvalue weighted by molar-refractivity contribution is 0.132. The van der Waals surface area contributed by atoms with Crippen molar-refractivity contribution in [3.05, 3.63) is 84.4 Å². The van der Waals surface area contributed by atoms with Crippen molar-refractivity contribution in [3.63, 3.8) is 0 Å². The molecule has 0 bridgehead atoms. The molecule has 1 aliphatic rings. The number of nitrogens with zero attached hydrogens (tertiary/aromatic N) is 2. The van der Waals surface area contributed by atoms with Gasteiger partial charge in [-0.3, -0.25) is 9.97 Å². The van der Waals surface area contributed by atoms with Crippen LogP contribution in [0, 0.1) is 0 Å². The van der Waals surface area contributed by atoms with Gasteiger partial charge in [0.2, 0.25) is 0 Å². The second-order valence-corrected chi connectivity index (χ2v) is 5.61. The van der Waals surface area contributed by atoms with Crippen molar-refractivity contribution in [2.75, 3.05) is 0 Å². The topological polar surface area (TPSA) is 64.1 Å². The minimum absolute atomic E-state index is 0.294. The van der Waals surface area contributed by atoms with E-state index in [1.165, 1.54) is 0 Å². The van der Waals surface area contributed by atoms with Crippen LogP contribution in [-0.4, -0.2) is 16.1 Å². The van der Waals surface area contributed by atoms with E-state index in [4.69, 9.17) is 4.74 Å². The van der Waals surface area contributed by atoms with Crippen LogP contribution in [0.3, 0.4) is 0 Å². The number of rotatable bonds is 3. The summed E-state index contributed by atoms with van der Waals surface area (Å²) in [5.74, 6) is 0. The number of nitrogens with one attached hydrogen (secondary N) is 1. The molecule has 4 rings (SSSR count). The summed E-state index contributed by atoms with van der Waals surface area (Å²) in [7, 11) is 0. The van der Waals surface area contributed by atoms with Gasteiger partial charge in [0.1, 0.15) is 6.04 Å². The Morgan fingerprint density at radius 3 is 2.50 bits per heavy atom. The molecule has 1 aromatic carbocycles. The molecule has 24 heavy (non-hydrogen) atoms. The van der Waals surface area contributed by atoms with Crippen LogP contribution in [0.15, 0.2) is 73.3 Å². The molecule has 118 valence electrons. The summed E-state index contributed by atoms with van der Waals surface area (Å²) >= 11 is 0. The minimum Gasteiger partial charge on any atom is -0.439 e. The Kier molecular flexibility index (Phi) is 3.67. The second-order valence-electron chi connectivity index (χ2n) is 5.61. The van der Waals surface area contributed by atoms with Crippen molar-refractivity contribution in [2.45, 2.75) is 12.1 Å². The van der Waals surface area contributed by atoms with E-state index >= 15 is 0 Å². The first kappa shape index (κ1) is 14.4. The maximum Gasteiger partial charge on any atom is 0.408 e. The molecule has 5 nitrogen and oxygen atoms in total. The summed E-state index contributed by atoms with van der Waals surface area (Å²) in [5.41, 5.74) is 3.83. The number of carbonyl (C=O) groups excluding carboxylic acids is 1. The van der Waals surface area contributed by atoms with Gasteiger partial charge < -0.3 is 10.1 Å². The van der Waals surface area contributed by atoms with Crippen LogP contribution in [-0.2, 0) is 4.74 Å². The average molecular weight is 317 g/mol. The fourth-order valence-corrected chi connectivity index (χ4v) is 2.90. The Hall–Kier alpha value is -3.21. The van der Waals surface area contributed by atoms with Gasteiger partial charge in [-0.05, 0) is 23.3 Å². The summed E-state index contributed by atoms with van der Waals surface area (Å²) in [6.07, 6.45) is 6.13. The lowest BCUT2D eigenvalue weighted by atomic mass is 9.96. The molecule has 1 fully saturated rings. The van der Waals surface area contributed by atoms with E-state index < -0.39 is 12.2 Å². The van der Waals surface area contributed by atoms with Gasteiger partial charge in [-0.15, -0.1) is 0 Å². The molecule has 0 spiro atoms. The number of aromatic nitrogens is 2. The predicted octanol–water partition coefficient (Wildman–Crippen LogP) is 3.67. The van der Waals surface area contributed by atoms with Gasteiger partial charge in [0, 0.05) is 35.9 Å². The number of amides is 1. The molecular formula is C19H15N3O2. The van der Waals surface area contributed by atoms with Crippen molar-refractivity contribution in [1.82, 2.24) is 15.3 Å². The molecule has 5 heteroatoms. The predicted molar refractivity (Wildman–Crippen MR) is 89.0 cm³/mol. The molecule has 2 atom stereocenters. The van der Waals surface area contributed by atoms with E-state index in [1.807, 2.05) is 54.7 Å². The number of carbonyl (C=O) groups is 1. The Morgan fingerprint density at radius 2 is 1.71 bits per heavy atom. The van der Waals surface area contributed by atoms with Crippen molar-refractivity contribution in [1.29, 1.82) is 0 Å². The number of alkyl carbamates (subject to hydrolysis) is 1. The van der Waals surface area contributed by atoms with E-state index in [0.29, 0.717) is 0 Å². The molecule has 1 amide bonds. The molecule has 2 aromatic heterocycles. The molecule has 0 aliphatic carbocycles. The Bertz CT molecular complexity index is 853. The number of hydrogen-bond donors (Lipinski definition) is 1. The van der Waals surface area contributed by atoms with Crippen LogP contribution in [0.4, 0.5) is 4.79 Å². The number of ether oxygens (including phenoxy) is 1. The van der Waals surface area contributed by atoms with Crippen molar-refractivity contribution < 1.29 is 9.53 Å². The van der Waals surface area contributed by atoms with Crippen molar-refractivity contribution in [2.24, 2.45) is 0 Å². The maximum absolute atomic E-state index is 11.8. The zero-order chi connectivity index (χ0) is 16.4. The van der Waals surface area contributed by atoms with E-state index in [2.05, 4.69) is 15.3 Å². The zero-order valence-electron chi connectivity index (χ0n) is 12.8. The Labute approximate surface area is 139 Å². The van der Waals surface area contributed by atoms with Crippen LogP contribution in [0.2, 0.25) is 0 Å². The van der Waals surface area contributed by atoms with Crippen molar-refractivity contribution >= 4 is 6.09 Å². The summed E-state index contributed by atoms with van der Waals surface area (Å²) in [5, 5.41) is 2.87. The van der Waals surface area contributed by atoms with E-state index in [-0.39, 0.29) is 6.04 Å². The van der Waals surface area contributed by atoms with Crippen LogP contribution in [0.5, 0.6) is 0 Å². The van der Waals surface area contributed by atoms with Crippen LogP contribution >= 0.6 is 0 Å². The number of hydrogen-bond acceptors (Lipinski definition) is 4. The SMILES string of the molecule is O=C1N[C@H](c2cncc(-c3ccccc3)c2)[C@@H](c2cccnc2)O1. The van der Waals surface area contributed by atoms with Gasteiger partial charge in [0.15, 0.2) is 6.10 Å². The van der Waals surface area contributed by atoms with Gasteiger partial charge >= 0.3 is 6.09 Å². The molecule has 1 saturated heterocycles. The van der Waals surface area contributed by atoms with Gasteiger partial charge in [-0.2, -0.15) is 0 Å². The highest BCUT2D eigenvalue weighted by molar-refractivity contribution is 5.71. The number of cyclic esters (lactones) is 1. The second kappa shape index (κ2) is 6.12. The third-order valence-corrected chi connectivity index (χ3v) is 4.05. The van der Waals surface area contributed by atoms with E-state index in [1.54, 1.807) is 18.6 Å². The maximum atomic E-state index is 11.8. The largest absolute Gasteiger partial charge is 0.439 e. The van der Waals surface area contributed by atoms with Gasteiger partial charge in [-0.1, -0.05) is 36.4 Å². The number of pyridine rings is 2. The molecule has 0 unspecified atom stereocenters. The lowest BCUT2D eigenvalue weighted by Crippen LogP contribution is -2.19. The smallest absolute Gasteiger partial charge is 0.408 e. The summed E-state index contributed by atoms with van der Waals surface area (Å²) in [6.45, 7) is 0. The molecule has 3 heterocycles. The molecule has 0 saturated carbocycles. The third-order valence-electron chi connectivity index (χ3n) is 4.05. The molecule has 3 aromatic rings. The van der Waals surface area contributed by atoms with Crippen LogP contribution in [0.25, 0.3) is 11.1 Å². The summed E-state index contributed by atoms with van der Waals surface area (Å²) < 4.78 is 5.44. The van der Waals surface area contributed by atoms with Gasteiger partial charge in [-0.25, -0.2) is 4.79 Å². The first-order valence-electron chi connectivity index (χ1n) is 7.69. The Morgan fingerprint density at radius 1 is 0.875 bits per heavy atom. The van der Waals surface area contributed by atoms with Gasteiger partial charge in [0.05, 0.1) is 0 Å². The van der Waals surface area contributed by atoms with Gasteiger partial charge in [0.25, 0.3) is 0 Å². The first-order valence-corrected chi connectivity index (χ1v) is 7.69. The normalized spacial score (nSPS) is 19.6. The molecule has 0 radical (unpaired) electrons. The zero-order valence-corrected chi connectivity index (χ0v) is 12.8. The minimum atomic E-state index is -0.432. The summed E-state index contributed by atoms with van der Waals surface area (Å²) in [4.78, 5) is 20.2. The van der Waals surface area contributed by atoms with E-state index in [0.717, 1.165) is 22.3 Å². The molecule has 1 N–H and O–H groups in total. The summed E-state index contributed by atoms with van der Waals surface area (Å²) in [6, 6.07) is 15.5. The molecule has 1 aliphatic heterocycles. The highest BCUT2D eigenvalue weighted by Crippen LogP contribution is 2.37. The van der Waals surface area contributed by atoms with Crippen LogP contribution < -0.4 is 5.32 Å². The highest BCUT2D eigenvalue weighted by atomic mass is 16.6. The average Bonchev–Trinajstić information content (AvgIpc) is 3.05. The fourth-order valence-electron chi connectivity index (χ4n) is 2.90. The third kappa shape index (κ3) is 2.72. The fraction of sp³-hybridized carbons (Fsp3) is 0.105. The first-order chi connectivity index (χ1) is 11.8. The van der Waals surface area contributed by atoms with E-state index in [9.17, 15) is 4.79 Å².